The molecule has 4 heteroatoms. The number of rotatable bonds is 6. The van der Waals surface area contributed by atoms with Crippen LogP contribution in [0, 0.1) is 11.8 Å². The van der Waals surface area contributed by atoms with Gasteiger partial charge in [0, 0.05) is 24.6 Å². The van der Waals surface area contributed by atoms with Crippen LogP contribution in [0.5, 0.6) is 0 Å². The molecule has 0 saturated heterocycles. The van der Waals surface area contributed by atoms with Crippen LogP contribution >= 0.6 is 0 Å². The smallest absolute Gasteiger partial charge is 0.332 e. The summed E-state index contributed by atoms with van der Waals surface area (Å²) in [5.74, 6) is -0.358. The number of hydrogen-bond acceptors (Lipinski definition) is 3. The van der Waals surface area contributed by atoms with E-state index in [1.165, 1.54) is 13.0 Å². The molecule has 0 aromatic rings. The van der Waals surface area contributed by atoms with Gasteiger partial charge in [-0.2, -0.15) is 0 Å². The second-order valence-corrected chi connectivity index (χ2v) is 4.21. The van der Waals surface area contributed by atoms with E-state index in [4.69, 9.17) is 4.74 Å². The fourth-order valence-electron chi connectivity index (χ4n) is 1.55. The van der Waals surface area contributed by atoms with Crippen LogP contribution in [0.1, 0.15) is 34.6 Å². The van der Waals surface area contributed by atoms with E-state index in [1.807, 2.05) is 32.9 Å². The number of allylic oxidation sites excluding steroid dienone is 3. The lowest BCUT2D eigenvalue weighted by molar-refractivity contribution is -0.137. The number of esters is 1. The van der Waals surface area contributed by atoms with Crippen LogP contribution in [-0.4, -0.2) is 18.5 Å². The molecule has 0 heterocycles. The van der Waals surface area contributed by atoms with Crippen molar-refractivity contribution in [3.63, 3.8) is 0 Å². The molecule has 0 fully saturated rings. The van der Waals surface area contributed by atoms with E-state index in [9.17, 15) is 9.59 Å². The third kappa shape index (κ3) is 6.23. The van der Waals surface area contributed by atoms with E-state index in [1.54, 1.807) is 6.92 Å². The van der Waals surface area contributed by atoms with Crippen molar-refractivity contribution in [2.75, 3.05) is 6.61 Å². The molecule has 18 heavy (non-hydrogen) atoms. The second kappa shape index (κ2) is 8.50. The molecule has 0 saturated carbocycles. The third-order valence-electron chi connectivity index (χ3n) is 2.66. The van der Waals surface area contributed by atoms with E-state index in [-0.39, 0.29) is 17.7 Å². The van der Waals surface area contributed by atoms with Gasteiger partial charge in [-0.05, 0) is 19.8 Å². The minimum absolute atomic E-state index is 0.0366. The Kier molecular flexibility index (Phi) is 7.76. The summed E-state index contributed by atoms with van der Waals surface area (Å²) >= 11 is 0. The molecule has 102 valence electrons. The van der Waals surface area contributed by atoms with Crippen molar-refractivity contribution in [3.05, 3.63) is 23.9 Å². The average Bonchev–Trinajstić information content (AvgIpc) is 2.27. The SMILES string of the molecule is CC=C[C@@H](C)[C@@H](C)C(=CC(=O)OCC)NC(C)=O. The fraction of sp³-hybridized carbons (Fsp3) is 0.571. The van der Waals surface area contributed by atoms with Gasteiger partial charge in [-0.3, -0.25) is 4.79 Å². The van der Waals surface area contributed by atoms with Crippen LogP contribution in [-0.2, 0) is 14.3 Å². The quantitative estimate of drug-likeness (QED) is 0.449. The molecule has 0 bridgehead atoms. The van der Waals surface area contributed by atoms with Gasteiger partial charge in [0.25, 0.3) is 0 Å². The van der Waals surface area contributed by atoms with Gasteiger partial charge in [0.2, 0.25) is 5.91 Å². The molecule has 0 aromatic carbocycles. The summed E-state index contributed by atoms with van der Waals surface area (Å²) in [5.41, 5.74) is 0.589. The van der Waals surface area contributed by atoms with Crippen LogP contribution in [0.2, 0.25) is 0 Å². The summed E-state index contributed by atoms with van der Waals surface area (Å²) in [6.45, 7) is 9.43. The first-order chi connectivity index (χ1) is 8.42. The normalized spacial score (nSPS) is 15.3. The minimum atomic E-state index is -0.430. The van der Waals surface area contributed by atoms with Crippen molar-refractivity contribution in [1.82, 2.24) is 5.32 Å². The Balaban J connectivity index is 4.97. The first-order valence-electron chi connectivity index (χ1n) is 6.21. The molecule has 0 aliphatic carbocycles. The van der Waals surface area contributed by atoms with Gasteiger partial charge < -0.3 is 10.1 Å². The van der Waals surface area contributed by atoms with Crippen molar-refractivity contribution in [2.45, 2.75) is 34.6 Å². The van der Waals surface area contributed by atoms with Crippen molar-refractivity contribution >= 4 is 11.9 Å². The monoisotopic (exact) mass is 253 g/mol. The van der Waals surface area contributed by atoms with Crippen LogP contribution in [0.4, 0.5) is 0 Å². The van der Waals surface area contributed by atoms with Crippen molar-refractivity contribution < 1.29 is 14.3 Å². The van der Waals surface area contributed by atoms with Crippen LogP contribution in [0.25, 0.3) is 0 Å². The zero-order chi connectivity index (χ0) is 14.1. The molecule has 1 amide bonds. The summed E-state index contributed by atoms with van der Waals surface area (Å²) in [5, 5.41) is 2.70. The number of carbonyl (C=O) groups excluding carboxylic acids is 2. The number of amides is 1. The van der Waals surface area contributed by atoms with E-state index in [2.05, 4.69) is 5.32 Å². The highest BCUT2D eigenvalue weighted by Gasteiger charge is 2.17. The molecule has 0 unspecified atom stereocenters. The topological polar surface area (TPSA) is 55.4 Å². The molecule has 1 N–H and O–H groups in total. The zero-order valence-corrected chi connectivity index (χ0v) is 11.8. The van der Waals surface area contributed by atoms with E-state index in [0.717, 1.165) is 0 Å². The highest BCUT2D eigenvalue weighted by Crippen LogP contribution is 2.19. The predicted octanol–water partition coefficient (Wildman–Crippen LogP) is 2.42. The third-order valence-corrected chi connectivity index (χ3v) is 2.66. The minimum Gasteiger partial charge on any atom is -0.463 e. The number of nitrogens with one attached hydrogen (secondary N) is 1. The van der Waals surface area contributed by atoms with Crippen LogP contribution < -0.4 is 5.32 Å². The lowest BCUT2D eigenvalue weighted by Crippen LogP contribution is -2.27. The Labute approximate surface area is 109 Å². The summed E-state index contributed by atoms with van der Waals surface area (Å²) < 4.78 is 4.86. The maximum absolute atomic E-state index is 11.5. The second-order valence-electron chi connectivity index (χ2n) is 4.21. The van der Waals surface area contributed by atoms with Gasteiger partial charge >= 0.3 is 5.97 Å². The molecular formula is C14H23NO3. The van der Waals surface area contributed by atoms with Gasteiger partial charge in [-0.25, -0.2) is 4.79 Å². The van der Waals surface area contributed by atoms with E-state index < -0.39 is 5.97 Å². The fourth-order valence-corrected chi connectivity index (χ4v) is 1.55. The molecule has 0 rings (SSSR count). The zero-order valence-electron chi connectivity index (χ0n) is 11.8. The number of hydrogen-bond donors (Lipinski definition) is 1. The van der Waals surface area contributed by atoms with E-state index >= 15 is 0 Å². The van der Waals surface area contributed by atoms with Crippen LogP contribution in [0.3, 0.4) is 0 Å². The van der Waals surface area contributed by atoms with Crippen molar-refractivity contribution in [3.8, 4) is 0 Å². The molecule has 0 aromatic heterocycles. The largest absolute Gasteiger partial charge is 0.463 e. The molecule has 0 radical (unpaired) electrons. The first-order valence-corrected chi connectivity index (χ1v) is 6.21. The molecule has 4 nitrogen and oxygen atoms in total. The summed E-state index contributed by atoms with van der Waals surface area (Å²) in [7, 11) is 0. The number of ether oxygens (including phenoxy) is 1. The lowest BCUT2D eigenvalue weighted by Gasteiger charge is -2.20. The summed E-state index contributed by atoms with van der Waals surface area (Å²) in [4.78, 5) is 22.6. The standard InChI is InChI=1S/C14H23NO3/c1-6-8-10(3)11(4)13(15-12(5)16)9-14(17)18-7-2/h6,8-11H,7H2,1-5H3,(H,15,16)/t10-,11-/m1/s1. The van der Waals surface area contributed by atoms with E-state index in [0.29, 0.717) is 12.3 Å². The Morgan fingerprint density at radius 1 is 1.33 bits per heavy atom. The Morgan fingerprint density at radius 3 is 2.39 bits per heavy atom. The average molecular weight is 253 g/mol. The van der Waals surface area contributed by atoms with Crippen molar-refractivity contribution in [2.24, 2.45) is 11.8 Å². The van der Waals surface area contributed by atoms with Gasteiger partial charge in [0.05, 0.1) is 6.61 Å². The Hall–Kier alpha value is -1.58. The molecular weight excluding hydrogens is 230 g/mol. The molecule has 0 aliphatic rings. The van der Waals surface area contributed by atoms with Gasteiger partial charge in [-0.1, -0.05) is 26.0 Å². The Morgan fingerprint density at radius 2 is 1.94 bits per heavy atom. The maximum Gasteiger partial charge on any atom is 0.332 e. The first kappa shape index (κ1) is 16.4. The van der Waals surface area contributed by atoms with Crippen molar-refractivity contribution in [1.29, 1.82) is 0 Å². The highest BCUT2D eigenvalue weighted by atomic mass is 16.5. The summed E-state index contributed by atoms with van der Waals surface area (Å²) in [6.07, 6.45) is 5.35. The van der Waals surface area contributed by atoms with Gasteiger partial charge in [0.1, 0.15) is 0 Å². The van der Waals surface area contributed by atoms with Crippen LogP contribution in [0.15, 0.2) is 23.9 Å². The number of carbonyl (C=O) groups is 2. The lowest BCUT2D eigenvalue weighted by atomic mass is 9.92. The molecule has 2 atom stereocenters. The Bertz CT molecular complexity index is 345. The molecule has 0 spiro atoms. The van der Waals surface area contributed by atoms with Gasteiger partial charge in [0.15, 0.2) is 0 Å². The highest BCUT2D eigenvalue weighted by molar-refractivity contribution is 5.84. The summed E-state index contributed by atoms with van der Waals surface area (Å²) in [6, 6.07) is 0. The molecule has 0 aliphatic heterocycles. The van der Waals surface area contributed by atoms with Gasteiger partial charge in [-0.15, -0.1) is 0 Å². The maximum atomic E-state index is 11.5. The predicted molar refractivity (Wildman–Crippen MR) is 71.7 cm³/mol.